The van der Waals surface area contributed by atoms with E-state index in [4.69, 9.17) is 9.47 Å². The summed E-state index contributed by atoms with van der Waals surface area (Å²) in [6.45, 7) is 6.78. The second-order valence-corrected chi connectivity index (χ2v) is 10.2. The van der Waals surface area contributed by atoms with E-state index >= 15 is 0 Å². The predicted octanol–water partition coefficient (Wildman–Crippen LogP) is 5.23. The number of methoxy groups -OCH3 is 1. The number of hydrogen-bond acceptors (Lipinski definition) is 4. The van der Waals surface area contributed by atoms with Crippen LogP contribution in [0.1, 0.15) is 42.0 Å². The summed E-state index contributed by atoms with van der Waals surface area (Å²) in [5.74, 6) is 1.76. The van der Waals surface area contributed by atoms with Gasteiger partial charge in [0.15, 0.2) is 11.5 Å². The number of ether oxygens (including phenoxy) is 2. The Hall–Kier alpha value is -2.82. The minimum atomic E-state index is -0.422. The molecule has 3 aromatic carbocycles. The van der Waals surface area contributed by atoms with Crippen LogP contribution in [0, 0.1) is 5.41 Å². The van der Waals surface area contributed by atoms with Crippen molar-refractivity contribution in [2.45, 2.75) is 51.4 Å². The van der Waals surface area contributed by atoms with E-state index in [0.717, 1.165) is 44.0 Å². The van der Waals surface area contributed by atoms with Gasteiger partial charge in [0.25, 0.3) is 0 Å². The van der Waals surface area contributed by atoms with Crippen LogP contribution in [0.15, 0.2) is 72.8 Å². The minimum absolute atomic E-state index is 0.114. The molecular formula is C30H35NO3. The van der Waals surface area contributed by atoms with E-state index in [1.54, 1.807) is 7.11 Å². The number of aliphatic hydroxyl groups is 1. The summed E-state index contributed by atoms with van der Waals surface area (Å²) < 4.78 is 12.2. The molecule has 0 aromatic heterocycles. The molecule has 1 N–H and O–H groups in total. The summed E-state index contributed by atoms with van der Waals surface area (Å²) >= 11 is 0. The normalized spacial score (nSPS) is 23.6. The Balaban J connectivity index is 1.39. The van der Waals surface area contributed by atoms with Crippen LogP contribution in [-0.4, -0.2) is 42.4 Å². The topological polar surface area (TPSA) is 41.9 Å². The molecule has 0 bridgehead atoms. The van der Waals surface area contributed by atoms with E-state index < -0.39 is 6.10 Å². The molecule has 2 aliphatic rings. The Kier molecular flexibility index (Phi) is 6.37. The molecule has 0 radical (unpaired) electrons. The third-order valence-electron chi connectivity index (χ3n) is 7.90. The molecule has 4 heteroatoms. The van der Waals surface area contributed by atoms with Gasteiger partial charge in [0.05, 0.1) is 13.2 Å². The quantitative estimate of drug-likeness (QED) is 0.528. The standard InChI is InChI=1S/C30H35NO3/c1-21(32)30(2)20-31(18-22-9-5-4-6-10-22)19-27(30)25-13-14-28(33-3)29(17-25)34-26-15-23-11-7-8-12-24(23)16-26/h4-14,17,21,26-27,32H,15-16,18-20H2,1-3H3/t21-,27?,30?/m1/s1. The van der Waals surface area contributed by atoms with E-state index in [-0.39, 0.29) is 17.4 Å². The van der Waals surface area contributed by atoms with Crippen molar-refractivity contribution in [2.75, 3.05) is 20.2 Å². The summed E-state index contributed by atoms with van der Waals surface area (Å²) in [5.41, 5.74) is 5.00. The van der Waals surface area contributed by atoms with E-state index in [1.165, 1.54) is 22.3 Å². The van der Waals surface area contributed by atoms with Crippen molar-refractivity contribution in [1.29, 1.82) is 0 Å². The van der Waals surface area contributed by atoms with Crippen LogP contribution >= 0.6 is 0 Å². The van der Waals surface area contributed by atoms with E-state index in [2.05, 4.69) is 78.6 Å². The van der Waals surface area contributed by atoms with Gasteiger partial charge >= 0.3 is 0 Å². The van der Waals surface area contributed by atoms with Gasteiger partial charge in [-0.3, -0.25) is 4.90 Å². The van der Waals surface area contributed by atoms with Crippen molar-refractivity contribution in [3.63, 3.8) is 0 Å². The van der Waals surface area contributed by atoms with Crippen molar-refractivity contribution in [1.82, 2.24) is 4.90 Å². The SMILES string of the molecule is COc1ccc(C2CN(Cc3ccccc3)CC2(C)[C@@H](C)O)cc1OC1Cc2ccccc2C1. The van der Waals surface area contributed by atoms with Crippen molar-refractivity contribution in [3.05, 3.63) is 95.1 Å². The maximum Gasteiger partial charge on any atom is 0.161 e. The average Bonchev–Trinajstić information content (AvgIpc) is 3.40. The van der Waals surface area contributed by atoms with Gasteiger partial charge in [-0.15, -0.1) is 0 Å². The Morgan fingerprint density at radius 1 is 0.971 bits per heavy atom. The lowest BCUT2D eigenvalue weighted by molar-refractivity contribution is 0.0474. The van der Waals surface area contributed by atoms with Crippen LogP contribution in [0.4, 0.5) is 0 Å². The molecule has 3 aromatic rings. The molecule has 1 saturated heterocycles. The molecule has 0 spiro atoms. The van der Waals surface area contributed by atoms with Crippen molar-refractivity contribution < 1.29 is 14.6 Å². The molecular weight excluding hydrogens is 422 g/mol. The van der Waals surface area contributed by atoms with Crippen LogP contribution in [0.2, 0.25) is 0 Å². The van der Waals surface area contributed by atoms with Gasteiger partial charge in [-0.25, -0.2) is 0 Å². The lowest BCUT2D eigenvalue weighted by atomic mass is 9.72. The largest absolute Gasteiger partial charge is 0.493 e. The summed E-state index contributed by atoms with van der Waals surface area (Å²) in [7, 11) is 1.70. The fraction of sp³-hybridized carbons (Fsp3) is 0.400. The Bertz CT molecular complexity index is 1100. The second-order valence-electron chi connectivity index (χ2n) is 10.2. The second kappa shape index (κ2) is 9.44. The number of aliphatic hydroxyl groups excluding tert-OH is 1. The first-order chi connectivity index (χ1) is 16.5. The van der Waals surface area contributed by atoms with Gasteiger partial charge in [-0.1, -0.05) is 67.6 Å². The lowest BCUT2D eigenvalue weighted by Gasteiger charge is -2.34. The average molecular weight is 458 g/mol. The zero-order chi connectivity index (χ0) is 23.7. The van der Waals surface area contributed by atoms with Crippen molar-refractivity contribution >= 4 is 0 Å². The third-order valence-corrected chi connectivity index (χ3v) is 7.90. The molecule has 2 unspecified atom stereocenters. The molecule has 5 rings (SSSR count). The van der Waals surface area contributed by atoms with Crippen LogP contribution < -0.4 is 9.47 Å². The Morgan fingerprint density at radius 2 is 1.65 bits per heavy atom. The van der Waals surface area contributed by atoms with E-state index in [9.17, 15) is 5.11 Å². The summed E-state index contributed by atoms with van der Waals surface area (Å²) in [6, 6.07) is 25.5. The predicted molar refractivity (Wildman–Crippen MR) is 136 cm³/mol. The number of hydrogen-bond donors (Lipinski definition) is 1. The molecule has 4 nitrogen and oxygen atoms in total. The fourth-order valence-electron chi connectivity index (χ4n) is 5.78. The smallest absolute Gasteiger partial charge is 0.161 e. The lowest BCUT2D eigenvalue weighted by Crippen LogP contribution is -2.37. The highest BCUT2D eigenvalue weighted by molar-refractivity contribution is 5.46. The third kappa shape index (κ3) is 4.45. The zero-order valence-corrected chi connectivity index (χ0v) is 20.4. The van der Waals surface area contributed by atoms with Gasteiger partial charge in [0, 0.05) is 43.8 Å². The fourth-order valence-corrected chi connectivity index (χ4v) is 5.78. The molecule has 0 saturated carbocycles. The first kappa shape index (κ1) is 22.9. The maximum absolute atomic E-state index is 10.8. The van der Waals surface area contributed by atoms with Gasteiger partial charge in [-0.05, 0) is 41.3 Å². The monoisotopic (exact) mass is 457 g/mol. The highest BCUT2D eigenvalue weighted by Crippen LogP contribution is 2.47. The first-order valence-electron chi connectivity index (χ1n) is 12.3. The van der Waals surface area contributed by atoms with E-state index in [0.29, 0.717) is 0 Å². The molecule has 1 fully saturated rings. The van der Waals surface area contributed by atoms with E-state index in [1.807, 2.05) is 13.0 Å². The van der Waals surface area contributed by atoms with Crippen LogP contribution in [0.25, 0.3) is 0 Å². The van der Waals surface area contributed by atoms with Gasteiger partial charge in [0.2, 0.25) is 0 Å². The molecule has 1 heterocycles. The summed E-state index contributed by atoms with van der Waals surface area (Å²) in [5, 5.41) is 10.8. The van der Waals surface area contributed by atoms with Crippen molar-refractivity contribution in [3.8, 4) is 11.5 Å². The van der Waals surface area contributed by atoms with Crippen molar-refractivity contribution in [2.24, 2.45) is 5.41 Å². The summed E-state index contributed by atoms with van der Waals surface area (Å²) in [4.78, 5) is 2.46. The first-order valence-corrected chi connectivity index (χ1v) is 12.3. The number of rotatable bonds is 7. The Labute approximate surface area is 203 Å². The number of likely N-dealkylation sites (tertiary alicyclic amines) is 1. The van der Waals surface area contributed by atoms with Crippen LogP contribution in [0.5, 0.6) is 11.5 Å². The molecule has 3 atom stereocenters. The minimum Gasteiger partial charge on any atom is -0.493 e. The molecule has 34 heavy (non-hydrogen) atoms. The highest BCUT2D eigenvalue weighted by Gasteiger charge is 2.47. The maximum atomic E-state index is 10.8. The highest BCUT2D eigenvalue weighted by atomic mass is 16.5. The number of fused-ring (bicyclic) bond motifs is 1. The number of benzene rings is 3. The molecule has 178 valence electrons. The zero-order valence-electron chi connectivity index (χ0n) is 20.4. The Morgan fingerprint density at radius 3 is 2.29 bits per heavy atom. The molecule has 0 amide bonds. The van der Waals surface area contributed by atoms with Gasteiger partial charge < -0.3 is 14.6 Å². The molecule has 1 aliphatic carbocycles. The summed E-state index contributed by atoms with van der Waals surface area (Å²) in [6.07, 6.45) is 1.53. The molecule has 1 aliphatic heterocycles. The van der Waals surface area contributed by atoms with Gasteiger partial charge in [-0.2, -0.15) is 0 Å². The number of nitrogens with zero attached hydrogens (tertiary/aromatic N) is 1. The van der Waals surface area contributed by atoms with Crippen LogP contribution in [-0.2, 0) is 19.4 Å². The van der Waals surface area contributed by atoms with Gasteiger partial charge in [0.1, 0.15) is 6.10 Å². The van der Waals surface area contributed by atoms with Crippen LogP contribution in [0.3, 0.4) is 0 Å².